The zero-order valence-corrected chi connectivity index (χ0v) is 10.9. The predicted octanol–water partition coefficient (Wildman–Crippen LogP) is 2.92. The molecule has 0 radical (unpaired) electrons. The minimum Gasteiger partial charge on any atom is -0.355 e. The van der Waals surface area contributed by atoms with Crippen molar-refractivity contribution in [1.82, 2.24) is 15.0 Å². The summed E-state index contributed by atoms with van der Waals surface area (Å²) in [5.41, 5.74) is 4.33. The summed E-state index contributed by atoms with van der Waals surface area (Å²) in [7, 11) is 0. The van der Waals surface area contributed by atoms with Gasteiger partial charge in [0.05, 0.1) is 11.0 Å². The van der Waals surface area contributed by atoms with Gasteiger partial charge in [-0.15, -0.1) is 0 Å². The van der Waals surface area contributed by atoms with Crippen molar-refractivity contribution in [2.45, 2.75) is 13.3 Å². The van der Waals surface area contributed by atoms with Crippen molar-refractivity contribution >= 4 is 17.0 Å². The lowest BCUT2D eigenvalue weighted by Crippen LogP contribution is -2.06. The van der Waals surface area contributed by atoms with E-state index in [9.17, 15) is 0 Å². The van der Waals surface area contributed by atoms with E-state index in [1.165, 1.54) is 5.56 Å². The molecule has 0 fully saturated rings. The molecular weight excluding hydrogens is 236 g/mol. The number of H-pyrrole nitrogens is 1. The molecule has 0 aliphatic carbocycles. The molecule has 4 nitrogen and oxygen atoms in total. The fourth-order valence-corrected chi connectivity index (χ4v) is 2.01. The highest BCUT2D eigenvalue weighted by Crippen LogP contribution is 2.13. The quantitative estimate of drug-likeness (QED) is 0.750. The lowest BCUT2D eigenvalue weighted by Gasteiger charge is -2.03. The van der Waals surface area contributed by atoms with Gasteiger partial charge in [-0.25, -0.2) is 4.98 Å². The molecule has 0 atom stereocenters. The summed E-state index contributed by atoms with van der Waals surface area (Å²) in [6.07, 6.45) is 2.86. The van der Waals surface area contributed by atoms with E-state index in [4.69, 9.17) is 0 Å². The molecule has 2 N–H and O–H groups in total. The van der Waals surface area contributed by atoms with Crippen LogP contribution in [0.1, 0.15) is 11.3 Å². The summed E-state index contributed by atoms with van der Waals surface area (Å²) in [5.74, 6) is 0.821. The van der Waals surface area contributed by atoms with Crippen molar-refractivity contribution in [1.29, 1.82) is 0 Å². The Morgan fingerprint density at radius 2 is 2.05 bits per heavy atom. The SMILES string of the molecule is Cc1ccc(CCNc2nc3ccccc3[nH]2)cn1. The van der Waals surface area contributed by atoms with Crippen molar-refractivity contribution < 1.29 is 0 Å². The molecule has 4 heteroatoms. The van der Waals surface area contributed by atoms with Crippen LogP contribution in [0, 0.1) is 6.92 Å². The molecule has 0 bridgehead atoms. The van der Waals surface area contributed by atoms with Crippen LogP contribution in [0.2, 0.25) is 0 Å². The van der Waals surface area contributed by atoms with E-state index >= 15 is 0 Å². The second kappa shape index (κ2) is 5.10. The fourth-order valence-electron chi connectivity index (χ4n) is 2.01. The fraction of sp³-hybridized carbons (Fsp3) is 0.200. The molecule has 0 saturated carbocycles. The molecule has 19 heavy (non-hydrogen) atoms. The predicted molar refractivity (Wildman–Crippen MR) is 77.3 cm³/mol. The highest BCUT2D eigenvalue weighted by atomic mass is 15.1. The molecule has 0 aliphatic heterocycles. The number of anilines is 1. The number of fused-ring (bicyclic) bond motifs is 1. The molecule has 0 spiro atoms. The van der Waals surface area contributed by atoms with Crippen LogP contribution in [0.5, 0.6) is 0 Å². The minimum absolute atomic E-state index is 0.821. The summed E-state index contributed by atoms with van der Waals surface area (Å²) in [6.45, 7) is 2.83. The molecule has 0 unspecified atom stereocenters. The van der Waals surface area contributed by atoms with Crippen LogP contribution < -0.4 is 5.32 Å². The average Bonchev–Trinajstić information content (AvgIpc) is 2.83. The molecule has 96 valence electrons. The van der Waals surface area contributed by atoms with E-state index in [2.05, 4.69) is 26.3 Å². The summed E-state index contributed by atoms with van der Waals surface area (Å²) in [5, 5.41) is 3.30. The number of rotatable bonds is 4. The average molecular weight is 252 g/mol. The van der Waals surface area contributed by atoms with Gasteiger partial charge in [-0.05, 0) is 37.1 Å². The normalized spacial score (nSPS) is 10.8. The van der Waals surface area contributed by atoms with Gasteiger partial charge in [0.1, 0.15) is 0 Å². The van der Waals surface area contributed by atoms with E-state index < -0.39 is 0 Å². The van der Waals surface area contributed by atoms with E-state index in [0.29, 0.717) is 0 Å². The Labute approximate surface area is 111 Å². The Morgan fingerprint density at radius 3 is 2.84 bits per heavy atom. The van der Waals surface area contributed by atoms with Crippen molar-refractivity contribution in [2.75, 3.05) is 11.9 Å². The Morgan fingerprint density at radius 1 is 1.16 bits per heavy atom. The van der Waals surface area contributed by atoms with Crippen LogP contribution in [0.4, 0.5) is 5.95 Å². The maximum absolute atomic E-state index is 4.48. The minimum atomic E-state index is 0.821. The topological polar surface area (TPSA) is 53.6 Å². The Hall–Kier alpha value is -2.36. The third-order valence-corrected chi connectivity index (χ3v) is 3.07. The highest BCUT2D eigenvalue weighted by molar-refractivity contribution is 5.77. The first-order chi connectivity index (χ1) is 9.31. The van der Waals surface area contributed by atoms with Gasteiger partial charge in [-0.3, -0.25) is 4.98 Å². The van der Waals surface area contributed by atoms with Gasteiger partial charge in [0, 0.05) is 18.4 Å². The van der Waals surface area contributed by atoms with Crippen molar-refractivity contribution in [3.05, 3.63) is 53.9 Å². The molecule has 2 aromatic heterocycles. The Kier molecular flexibility index (Phi) is 3.14. The second-order valence-corrected chi connectivity index (χ2v) is 4.59. The van der Waals surface area contributed by atoms with Gasteiger partial charge >= 0.3 is 0 Å². The number of benzene rings is 1. The third-order valence-electron chi connectivity index (χ3n) is 3.07. The molecular formula is C15H16N4. The Bertz CT molecular complexity index is 637. The van der Waals surface area contributed by atoms with Gasteiger partial charge in [-0.1, -0.05) is 18.2 Å². The molecule has 2 heterocycles. The van der Waals surface area contributed by atoms with Crippen LogP contribution in [0.3, 0.4) is 0 Å². The standard InChI is InChI=1S/C15H16N4/c1-11-6-7-12(10-17-11)8-9-16-15-18-13-4-2-3-5-14(13)19-15/h2-7,10H,8-9H2,1H3,(H2,16,18,19). The van der Waals surface area contributed by atoms with Crippen LogP contribution in [-0.4, -0.2) is 21.5 Å². The maximum atomic E-state index is 4.48. The number of aryl methyl sites for hydroxylation is 1. The number of imidazole rings is 1. The zero-order valence-electron chi connectivity index (χ0n) is 10.9. The number of aromatic nitrogens is 3. The third kappa shape index (κ3) is 2.73. The van der Waals surface area contributed by atoms with Crippen LogP contribution in [0.15, 0.2) is 42.6 Å². The van der Waals surface area contributed by atoms with Crippen LogP contribution >= 0.6 is 0 Å². The smallest absolute Gasteiger partial charge is 0.201 e. The molecule has 0 amide bonds. The summed E-state index contributed by atoms with van der Waals surface area (Å²) >= 11 is 0. The molecule has 3 rings (SSSR count). The molecule has 3 aromatic rings. The number of pyridine rings is 1. The largest absolute Gasteiger partial charge is 0.355 e. The number of hydrogen-bond acceptors (Lipinski definition) is 3. The monoisotopic (exact) mass is 252 g/mol. The van der Waals surface area contributed by atoms with Crippen LogP contribution in [0.25, 0.3) is 11.0 Å². The van der Waals surface area contributed by atoms with Gasteiger partial charge in [0.15, 0.2) is 0 Å². The number of nitrogens with one attached hydrogen (secondary N) is 2. The van der Waals surface area contributed by atoms with Gasteiger partial charge in [-0.2, -0.15) is 0 Å². The van der Waals surface area contributed by atoms with E-state index in [0.717, 1.165) is 35.6 Å². The van der Waals surface area contributed by atoms with E-state index in [1.807, 2.05) is 43.5 Å². The summed E-state index contributed by atoms with van der Waals surface area (Å²) in [4.78, 5) is 12.0. The van der Waals surface area contributed by atoms with E-state index in [-0.39, 0.29) is 0 Å². The zero-order chi connectivity index (χ0) is 13.1. The maximum Gasteiger partial charge on any atom is 0.201 e. The van der Waals surface area contributed by atoms with Gasteiger partial charge < -0.3 is 10.3 Å². The van der Waals surface area contributed by atoms with Crippen molar-refractivity contribution in [3.8, 4) is 0 Å². The second-order valence-electron chi connectivity index (χ2n) is 4.59. The number of nitrogens with zero attached hydrogens (tertiary/aromatic N) is 2. The van der Waals surface area contributed by atoms with Crippen molar-refractivity contribution in [2.24, 2.45) is 0 Å². The van der Waals surface area contributed by atoms with E-state index in [1.54, 1.807) is 0 Å². The van der Waals surface area contributed by atoms with Gasteiger partial charge in [0.2, 0.25) is 5.95 Å². The highest BCUT2D eigenvalue weighted by Gasteiger charge is 2.00. The number of para-hydroxylation sites is 2. The summed E-state index contributed by atoms with van der Waals surface area (Å²) < 4.78 is 0. The summed E-state index contributed by atoms with van der Waals surface area (Å²) in [6, 6.07) is 12.2. The molecule has 1 aromatic carbocycles. The van der Waals surface area contributed by atoms with Gasteiger partial charge in [0.25, 0.3) is 0 Å². The first kappa shape index (κ1) is 11.7. The first-order valence-electron chi connectivity index (χ1n) is 6.41. The molecule has 0 aliphatic rings. The van der Waals surface area contributed by atoms with Crippen LogP contribution in [-0.2, 0) is 6.42 Å². The van der Waals surface area contributed by atoms with Crippen molar-refractivity contribution in [3.63, 3.8) is 0 Å². The lowest BCUT2D eigenvalue weighted by atomic mass is 10.2. The first-order valence-corrected chi connectivity index (χ1v) is 6.41. The number of hydrogen-bond donors (Lipinski definition) is 2. The Balaban J connectivity index is 1.61. The number of aromatic amines is 1. The lowest BCUT2D eigenvalue weighted by molar-refractivity contribution is 0.982. The molecule has 0 saturated heterocycles.